The van der Waals surface area contributed by atoms with E-state index in [9.17, 15) is 9.59 Å². The number of aryl methyl sites for hydroxylation is 1. The number of nitrogens with one attached hydrogen (secondary N) is 1. The lowest BCUT2D eigenvalue weighted by Gasteiger charge is -2.34. The van der Waals surface area contributed by atoms with Gasteiger partial charge in [-0.1, -0.05) is 0 Å². The predicted molar refractivity (Wildman–Crippen MR) is 152 cm³/mol. The number of hydrogen-bond acceptors (Lipinski definition) is 8. The Bertz CT molecular complexity index is 1540. The number of pyridine rings is 1. The van der Waals surface area contributed by atoms with Gasteiger partial charge in [-0.3, -0.25) is 19.1 Å². The van der Waals surface area contributed by atoms with Crippen LogP contribution in [0.4, 0.5) is 11.4 Å². The molecular formula is C30H37N5O5. The van der Waals surface area contributed by atoms with Crippen LogP contribution in [0.1, 0.15) is 54.7 Å². The maximum Gasteiger partial charge on any atom is 0.261 e. The highest BCUT2D eigenvalue weighted by molar-refractivity contribution is 6.05. The molecule has 40 heavy (non-hydrogen) atoms. The fourth-order valence-corrected chi connectivity index (χ4v) is 6.03. The number of fused-ring (bicyclic) bond motifs is 2. The molecular weight excluding hydrogens is 510 g/mol. The zero-order valence-corrected chi connectivity index (χ0v) is 23.9. The molecule has 0 aliphatic carbocycles. The van der Waals surface area contributed by atoms with Gasteiger partial charge in [-0.15, -0.1) is 0 Å². The summed E-state index contributed by atoms with van der Waals surface area (Å²) in [6.45, 7) is 11.6. The molecule has 2 atom stereocenters. The Hall–Kier alpha value is -3.34. The lowest BCUT2D eigenvalue weighted by atomic mass is 9.88. The van der Waals surface area contributed by atoms with Crippen LogP contribution >= 0.6 is 0 Å². The van der Waals surface area contributed by atoms with E-state index in [0.29, 0.717) is 49.5 Å². The SMILES string of the molecule is COC[C@H]1CN(c2ccc3c(=O)n(CCc4c(C)nc5c(c4C)NC(=O)C5(C)C)c([C@H]4CCO4)nc3c2)CCO1. The molecule has 5 heterocycles. The molecule has 10 heteroatoms. The fraction of sp³-hybridized carbons (Fsp3) is 0.533. The summed E-state index contributed by atoms with van der Waals surface area (Å²) in [5.41, 5.74) is 5.47. The lowest BCUT2D eigenvalue weighted by molar-refractivity contribution is -0.119. The number of hydrogen-bond donors (Lipinski definition) is 1. The molecule has 2 fully saturated rings. The monoisotopic (exact) mass is 547 g/mol. The van der Waals surface area contributed by atoms with Crippen molar-refractivity contribution in [3.8, 4) is 0 Å². The number of nitrogens with zero attached hydrogens (tertiary/aromatic N) is 4. The Labute approximate surface area is 233 Å². The Balaban J connectivity index is 1.33. The molecule has 1 N–H and O–H groups in total. The number of morpholine rings is 1. The third-order valence-corrected chi connectivity index (χ3v) is 8.58. The third-order valence-electron chi connectivity index (χ3n) is 8.58. The molecule has 3 aliphatic rings. The van der Waals surface area contributed by atoms with E-state index in [-0.39, 0.29) is 23.7 Å². The van der Waals surface area contributed by atoms with Crippen LogP contribution in [0.3, 0.4) is 0 Å². The largest absolute Gasteiger partial charge is 0.382 e. The van der Waals surface area contributed by atoms with Gasteiger partial charge in [0.25, 0.3) is 5.56 Å². The van der Waals surface area contributed by atoms with Crippen LogP contribution in [-0.4, -0.2) is 66.6 Å². The van der Waals surface area contributed by atoms with Gasteiger partial charge >= 0.3 is 0 Å². The second-order valence-corrected chi connectivity index (χ2v) is 11.5. The van der Waals surface area contributed by atoms with Crippen molar-refractivity contribution in [1.29, 1.82) is 0 Å². The fourth-order valence-electron chi connectivity index (χ4n) is 6.03. The van der Waals surface area contributed by atoms with Gasteiger partial charge in [0.05, 0.1) is 53.6 Å². The first-order valence-electron chi connectivity index (χ1n) is 14.0. The van der Waals surface area contributed by atoms with E-state index < -0.39 is 5.41 Å². The molecule has 0 unspecified atom stereocenters. The zero-order chi connectivity index (χ0) is 28.2. The van der Waals surface area contributed by atoms with E-state index in [2.05, 4.69) is 10.2 Å². The van der Waals surface area contributed by atoms with Gasteiger partial charge < -0.3 is 24.4 Å². The summed E-state index contributed by atoms with van der Waals surface area (Å²) in [6.07, 6.45) is 1.23. The van der Waals surface area contributed by atoms with Gasteiger partial charge in [-0.2, -0.15) is 0 Å². The molecule has 6 rings (SSSR count). The summed E-state index contributed by atoms with van der Waals surface area (Å²) in [7, 11) is 1.68. The number of carbonyl (C=O) groups excluding carboxylic acids is 1. The van der Waals surface area contributed by atoms with Crippen LogP contribution in [0, 0.1) is 13.8 Å². The Kier molecular flexibility index (Phi) is 6.88. The van der Waals surface area contributed by atoms with Crippen LogP contribution < -0.4 is 15.8 Å². The highest BCUT2D eigenvalue weighted by Crippen LogP contribution is 2.40. The molecule has 10 nitrogen and oxygen atoms in total. The van der Waals surface area contributed by atoms with Gasteiger partial charge in [-0.05, 0) is 63.4 Å². The summed E-state index contributed by atoms with van der Waals surface area (Å²) < 4.78 is 18.7. The topological polar surface area (TPSA) is 108 Å². The zero-order valence-electron chi connectivity index (χ0n) is 23.9. The van der Waals surface area contributed by atoms with Crippen LogP contribution in [-0.2, 0) is 37.4 Å². The van der Waals surface area contributed by atoms with Gasteiger partial charge in [-0.25, -0.2) is 4.98 Å². The summed E-state index contributed by atoms with van der Waals surface area (Å²) in [5.74, 6) is 0.624. The number of ether oxygens (including phenoxy) is 3. The quantitative estimate of drug-likeness (QED) is 0.481. The van der Waals surface area contributed by atoms with Gasteiger partial charge in [0.2, 0.25) is 5.91 Å². The molecule has 0 spiro atoms. The smallest absolute Gasteiger partial charge is 0.261 e. The van der Waals surface area contributed by atoms with Gasteiger partial charge in [0.1, 0.15) is 11.9 Å². The first-order valence-corrected chi connectivity index (χ1v) is 14.0. The van der Waals surface area contributed by atoms with E-state index >= 15 is 0 Å². The molecule has 1 aromatic carbocycles. The second-order valence-electron chi connectivity index (χ2n) is 11.5. The number of carbonyl (C=O) groups is 1. The van der Waals surface area contributed by atoms with Crippen molar-refractivity contribution in [2.75, 3.05) is 50.2 Å². The minimum atomic E-state index is -0.665. The average molecular weight is 548 g/mol. The normalized spacial score (nSPS) is 21.8. The van der Waals surface area contributed by atoms with Crippen molar-refractivity contribution in [2.45, 2.75) is 64.7 Å². The first-order chi connectivity index (χ1) is 19.2. The molecule has 0 radical (unpaired) electrons. The maximum absolute atomic E-state index is 13.9. The molecule has 3 aliphatic heterocycles. The van der Waals surface area contributed by atoms with Crippen LogP contribution in [0.2, 0.25) is 0 Å². The molecule has 0 bridgehead atoms. The van der Waals surface area contributed by atoms with E-state index in [1.807, 2.05) is 45.9 Å². The van der Waals surface area contributed by atoms with E-state index in [0.717, 1.165) is 53.4 Å². The van der Waals surface area contributed by atoms with Gasteiger partial charge in [0, 0.05) is 44.5 Å². The Morgan fingerprint density at radius 2 is 1.95 bits per heavy atom. The summed E-state index contributed by atoms with van der Waals surface area (Å²) in [4.78, 5) is 38.5. The van der Waals surface area contributed by atoms with Gasteiger partial charge in [0.15, 0.2) is 0 Å². The number of amides is 1. The summed E-state index contributed by atoms with van der Waals surface area (Å²) >= 11 is 0. The van der Waals surface area contributed by atoms with E-state index in [4.69, 9.17) is 24.2 Å². The number of aromatic nitrogens is 3. The highest BCUT2D eigenvalue weighted by atomic mass is 16.5. The van der Waals surface area contributed by atoms with Crippen LogP contribution in [0.25, 0.3) is 10.9 Å². The first kappa shape index (κ1) is 26.9. The Morgan fingerprint density at radius 3 is 2.67 bits per heavy atom. The lowest BCUT2D eigenvalue weighted by Crippen LogP contribution is -2.44. The molecule has 1 amide bonds. The van der Waals surface area contributed by atoms with Crippen molar-refractivity contribution in [3.05, 3.63) is 56.9 Å². The van der Waals surface area contributed by atoms with E-state index in [1.54, 1.807) is 11.7 Å². The van der Waals surface area contributed by atoms with Crippen molar-refractivity contribution in [1.82, 2.24) is 14.5 Å². The summed E-state index contributed by atoms with van der Waals surface area (Å²) in [5, 5.41) is 3.61. The third kappa shape index (κ3) is 4.48. The number of methoxy groups -OCH3 is 1. The van der Waals surface area contributed by atoms with Crippen molar-refractivity contribution < 1.29 is 19.0 Å². The highest BCUT2D eigenvalue weighted by Gasteiger charge is 2.41. The number of rotatable bonds is 7. The Morgan fingerprint density at radius 1 is 1.15 bits per heavy atom. The molecule has 3 aromatic rings. The second kappa shape index (κ2) is 10.2. The average Bonchev–Trinajstić information content (AvgIpc) is 3.12. The minimum absolute atomic E-state index is 0.00866. The van der Waals surface area contributed by atoms with Crippen LogP contribution in [0.5, 0.6) is 0 Å². The van der Waals surface area contributed by atoms with Crippen molar-refractivity contribution in [3.63, 3.8) is 0 Å². The number of benzene rings is 1. The maximum atomic E-state index is 13.9. The minimum Gasteiger partial charge on any atom is -0.382 e. The molecule has 0 saturated carbocycles. The standard InChI is InChI=1S/C30H37N5O5/c1-17-21(18(2)31-26-25(17)33-29(37)30(26,3)4)8-10-35-27(24-9-12-40-24)32-23-14-19(6-7-22(23)28(35)36)34-11-13-39-20(15-34)16-38-5/h6-7,14,20,24H,8-13,15-16H2,1-5H3,(H,33,37)/t20-,24-/m1/s1. The molecule has 2 saturated heterocycles. The van der Waals surface area contributed by atoms with E-state index in [1.165, 1.54) is 0 Å². The molecule has 2 aromatic heterocycles. The number of anilines is 2. The predicted octanol–water partition coefficient (Wildman–Crippen LogP) is 3.19. The van der Waals surface area contributed by atoms with Crippen LogP contribution in [0.15, 0.2) is 23.0 Å². The summed E-state index contributed by atoms with van der Waals surface area (Å²) in [6, 6.07) is 5.88. The molecule has 212 valence electrons. The van der Waals surface area contributed by atoms with Crippen molar-refractivity contribution >= 4 is 28.2 Å². The van der Waals surface area contributed by atoms with Crippen molar-refractivity contribution in [2.24, 2.45) is 0 Å².